The minimum absolute atomic E-state index is 0.0206. The normalized spacial score (nSPS) is 10.5. The zero-order valence-corrected chi connectivity index (χ0v) is 17.2. The number of ether oxygens (including phenoxy) is 4. The molecule has 1 N–H and O–H groups in total. The molecule has 0 amide bonds. The average Bonchev–Trinajstić information content (AvgIpc) is 2.78. The summed E-state index contributed by atoms with van der Waals surface area (Å²) in [7, 11) is 6.57. The molecule has 0 radical (unpaired) electrons. The van der Waals surface area contributed by atoms with Gasteiger partial charge in [0.1, 0.15) is 23.0 Å². The number of hydrogen-bond acceptors (Lipinski definition) is 5. The smallest absolute Gasteiger partial charge is 0.138 e. The van der Waals surface area contributed by atoms with Crippen LogP contribution in [0, 0.1) is 0 Å². The van der Waals surface area contributed by atoms with Crippen molar-refractivity contribution in [1.82, 2.24) is 0 Å². The van der Waals surface area contributed by atoms with Crippen LogP contribution in [0.25, 0.3) is 22.3 Å². The van der Waals surface area contributed by atoms with Gasteiger partial charge in [-0.05, 0) is 53.4 Å². The summed E-state index contributed by atoms with van der Waals surface area (Å²) in [5.41, 5.74) is 4.60. The summed E-state index contributed by atoms with van der Waals surface area (Å²) < 4.78 is 22.2. The largest absolute Gasteiger partial charge is 0.497 e. The third kappa shape index (κ3) is 4.15. The second-order valence-electron chi connectivity index (χ2n) is 6.46. The summed E-state index contributed by atoms with van der Waals surface area (Å²) in [5, 5.41) is 9.61. The van der Waals surface area contributed by atoms with Gasteiger partial charge in [0.15, 0.2) is 0 Å². The molecule has 3 aromatic rings. The molecule has 0 aromatic heterocycles. The van der Waals surface area contributed by atoms with Crippen LogP contribution in [0.4, 0.5) is 0 Å². The van der Waals surface area contributed by atoms with Crippen molar-refractivity contribution >= 4 is 0 Å². The van der Waals surface area contributed by atoms with E-state index in [0.717, 1.165) is 39.3 Å². The molecule has 0 saturated carbocycles. The lowest BCUT2D eigenvalue weighted by Gasteiger charge is -2.21. The molecule has 0 aliphatic carbocycles. The average molecular weight is 394 g/mol. The molecule has 0 saturated heterocycles. The first kappa shape index (κ1) is 20.6. The maximum absolute atomic E-state index is 9.61. The molecule has 29 heavy (non-hydrogen) atoms. The van der Waals surface area contributed by atoms with E-state index in [2.05, 4.69) is 0 Å². The lowest BCUT2D eigenvalue weighted by atomic mass is 9.92. The summed E-state index contributed by atoms with van der Waals surface area (Å²) in [4.78, 5) is 0. The summed E-state index contributed by atoms with van der Waals surface area (Å²) in [6.45, 7) is 0.0206. The number of benzene rings is 3. The van der Waals surface area contributed by atoms with Crippen LogP contribution in [0.3, 0.4) is 0 Å². The highest BCUT2D eigenvalue weighted by molar-refractivity contribution is 5.88. The highest BCUT2D eigenvalue weighted by Crippen LogP contribution is 2.47. The highest BCUT2D eigenvalue weighted by atomic mass is 16.5. The van der Waals surface area contributed by atoms with Gasteiger partial charge in [0.25, 0.3) is 0 Å². The molecule has 0 atom stereocenters. The first-order valence-electron chi connectivity index (χ1n) is 9.34. The van der Waals surface area contributed by atoms with Gasteiger partial charge >= 0.3 is 0 Å². The third-order valence-corrected chi connectivity index (χ3v) is 4.88. The van der Waals surface area contributed by atoms with E-state index in [1.807, 2.05) is 54.6 Å². The molecule has 152 valence electrons. The minimum Gasteiger partial charge on any atom is -0.497 e. The SMILES string of the molecule is COc1ccc(-c2cc(CCO)c(OC)c(-c3ccc(OC)cc3)c2OC)cc1. The van der Waals surface area contributed by atoms with E-state index in [-0.39, 0.29) is 6.61 Å². The zero-order chi connectivity index (χ0) is 20.8. The Morgan fingerprint density at radius 2 is 1.17 bits per heavy atom. The van der Waals surface area contributed by atoms with Gasteiger partial charge < -0.3 is 24.1 Å². The first-order chi connectivity index (χ1) is 14.2. The fraction of sp³-hybridized carbons (Fsp3) is 0.250. The predicted molar refractivity (Wildman–Crippen MR) is 114 cm³/mol. The molecule has 0 unspecified atom stereocenters. The van der Waals surface area contributed by atoms with Crippen molar-refractivity contribution in [3.05, 3.63) is 60.2 Å². The van der Waals surface area contributed by atoms with Crippen molar-refractivity contribution in [2.45, 2.75) is 6.42 Å². The number of aliphatic hydroxyl groups is 1. The molecule has 0 aliphatic rings. The third-order valence-electron chi connectivity index (χ3n) is 4.88. The molecule has 0 fully saturated rings. The number of methoxy groups -OCH3 is 4. The molecule has 3 aromatic carbocycles. The number of hydrogen-bond donors (Lipinski definition) is 1. The van der Waals surface area contributed by atoms with Crippen molar-refractivity contribution in [2.24, 2.45) is 0 Å². The van der Waals surface area contributed by atoms with Crippen LogP contribution >= 0.6 is 0 Å². The van der Waals surface area contributed by atoms with Crippen LogP contribution in [0.15, 0.2) is 54.6 Å². The van der Waals surface area contributed by atoms with Crippen LogP contribution in [0.5, 0.6) is 23.0 Å². The van der Waals surface area contributed by atoms with Gasteiger partial charge in [-0.2, -0.15) is 0 Å². The fourth-order valence-electron chi connectivity index (χ4n) is 3.46. The van der Waals surface area contributed by atoms with Crippen molar-refractivity contribution in [3.63, 3.8) is 0 Å². The standard InChI is InChI=1S/C24H26O5/c1-26-19-9-5-16(6-10-19)21-15-18(13-14-25)23(28-3)22(24(21)29-4)17-7-11-20(27-2)12-8-17/h5-12,15,25H,13-14H2,1-4H3. The minimum atomic E-state index is 0.0206. The zero-order valence-electron chi connectivity index (χ0n) is 17.2. The monoisotopic (exact) mass is 394 g/mol. The molecular weight excluding hydrogens is 368 g/mol. The second kappa shape index (κ2) is 9.34. The molecule has 0 spiro atoms. The molecule has 0 bridgehead atoms. The molecule has 5 nitrogen and oxygen atoms in total. The summed E-state index contributed by atoms with van der Waals surface area (Å²) >= 11 is 0. The molecule has 0 heterocycles. The van der Waals surface area contributed by atoms with Crippen LogP contribution in [-0.4, -0.2) is 40.2 Å². The molecular formula is C24H26O5. The Bertz CT molecular complexity index is 947. The van der Waals surface area contributed by atoms with Crippen molar-refractivity contribution < 1.29 is 24.1 Å². The van der Waals surface area contributed by atoms with Gasteiger partial charge in [-0.3, -0.25) is 0 Å². The van der Waals surface area contributed by atoms with Gasteiger partial charge in [0.2, 0.25) is 0 Å². The van der Waals surface area contributed by atoms with Gasteiger partial charge in [0.05, 0.1) is 34.0 Å². The lowest BCUT2D eigenvalue weighted by molar-refractivity contribution is 0.296. The van der Waals surface area contributed by atoms with E-state index in [4.69, 9.17) is 18.9 Å². The van der Waals surface area contributed by atoms with E-state index < -0.39 is 0 Å². The lowest BCUT2D eigenvalue weighted by Crippen LogP contribution is -2.02. The Labute approximate surface area is 171 Å². The van der Waals surface area contributed by atoms with E-state index in [0.29, 0.717) is 17.9 Å². The van der Waals surface area contributed by atoms with E-state index in [1.165, 1.54) is 0 Å². The predicted octanol–water partition coefficient (Wildman–Crippen LogP) is 4.59. The van der Waals surface area contributed by atoms with Gasteiger partial charge in [-0.1, -0.05) is 24.3 Å². The maximum atomic E-state index is 9.61. The van der Waals surface area contributed by atoms with E-state index in [1.54, 1.807) is 28.4 Å². The van der Waals surface area contributed by atoms with E-state index >= 15 is 0 Å². The van der Waals surface area contributed by atoms with Crippen LogP contribution < -0.4 is 18.9 Å². The molecule has 5 heteroatoms. The van der Waals surface area contributed by atoms with Gasteiger partial charge in [-0.15, -0.1) is 0 Å². The number of aliphatic hydroxyl groups excluding tert-OH is 1. The topological polar surface area (TPSA) is 57.2 Å². The number of rotatable bonds is 8. The Balaban J connectivity index is 2.28. The van der Waals surface area contributed by atoms with Gasteiger partial charge in [0, 0.05) is 12.2 Å². The summed E-state index contributed by atoms with van der Waals surface area (Å²) in [5.74, 6) is 2.96. The Hall–Kier alpha value is -3.18. The van der Waals surface area contributed by atoms with Crippen molar-refractivity contribution in [1.29, 1.82) is 0 Å². The maximum Gasteiger partial charge on any atom is 0.138 e. The van der Waals surface area contributed by atoms with Crippen LogP contribution in [0.1, 0.15) is 5.56 Å². The van der Waals surface area contributed by atoms with Crippen molar-refractivity contribution in [2.75, 3.05) is 35.0 Å². The van der Waals surface area contributed by atoms with Crippen molar-refractivity contribution in [3.8, 4) is 45.3 Å². The summed E-state index contributed by atoms with van der Waals surface area (Å²) in [6, 6.07) is 17.6. The Morgan fingerprint density at radius 1 is 0.655 bits per heavy atom. The van der Waals surface area contributed by atoms with E-state index in [9.17, 15) is 5.11 Å². The fourth-order valence-corrected chi connectivity index (χ4v) is 3.46. The molecule has 0 aliphatic heterocycles. The Morgan fingerprint density at radius 3 is 1.62 bits per heavy atom. The molecule has 3 rings (SSSR count). The van der Waals surface area contributed by atoms with Crippen LogP contribution in [0.2, 0.25) is 0 Å². The Kier molecular flexibility index (Phi) is 6.62. The quantitative estimate of drug-likeness (QED) is 0.606. The highest BCUT2D eigenvalue weighted by Gasteiger charge is 2.22. The second-order valence-corrected chi connectivity index (χ2v) is 6.46. The van der Waals surface area contributed by atoms with Crippen LogP contribution in [-0.2, 0) is 6.42 Å². The summed E-state index contributed by atoms with van der Waals surface area (Å²) in [6.07, 6.45) is 0.472. The van der Waals surface area contributed by atoms with Gasteiger partial charge in [-0.25, -0.2) is 0 Å². The first-order valence-corrected chi connectivity index (χ1v) is 9.34.